The molecule has 0 bridgehead atoms. The topological polar surface area (TPSA) is 20.2 Å². The summed E-state index contributed by atoms with van der Waals surface area (Å²) in [5, 5.41) is 23.4. The van der Waals surface area contributed by atoms with E-state index in [4.69, 9.17) is 0 Å². The molecule has 0 saturated heterocycles. The molecule has 1 heteroatoms. The number of aromatic hydroxyl groups is 1. The summed E-state index contributed by atoms with van der Waals surface area (Å²) in [4.78, 5) is 0. The Morgan fingerprint density at radius 3 is 1.59 bits per heavy atom. The zero-order valence-corrected chi connectivity index (χ0v) is 20.1. The lowest BCUT2D eigenvalue weighted by Crippen LogP contribution is -1.92. The molecular weight excluding hydrogens is 448 g/mol. The summed E-state index contributed by atoms with van der Waals surface area (Å²) in [6, 6.07) is 45.0. The highest BCUT2D eigenvalue weighted by atomic mass is 16.3. The van der Waals surface area contributed by atoms with Crippen LogP contribution in [0.5, 0.6) is 5.75 Å². The van der Waals surface area contributed by atoms with E-state index >= 15 is 0 Å². The van der Waals surface area contributed by atoms with Crippen molar-refractivity contribution in [3.05, 3.63) is 127 Å². The van der Waals surface area contributed by atoms with E-state index in [9.17, 15) is 5.11 Å². The molecule has 0 saturated carbocycles. The van der Waals surface area contributed by atoms with Gasteiger partial charge in [-0.2, -0.15) is 0 Å². The molecule has 0 aromatic heterocycles. The van der Waals surface area contributed by atoms with Crippen LogP contribution in [0.4, 0.5) is 0 Å². The maximum atomic E-state index is 11.3. The van der Waals surface area contributed by atoms with Crippen molar-refractivity contribution in [3.8, 4) is 28.0 Å². The van der Waals surface area contributed by atoms with E-state index < -0.39 is 0 Å². The Balaban J connectivity index is 1.56. The second-order valence-corrected chi connectivity index (χ2v) is 9.86. The first-order valence-corrected chi connectivity index (χ1v) is 12.7. The summed E-state index contributed by atoms with van der Waals surface area (Å²) in [5.74, 6) is 0.300. The van der Waals surface area contributed by atoms with Gasteiger partial charge in [-0.15, -0.1) is 0 Å². The van der Waals surface area contributed by atoms with E-state index in [0.29, 0.717) is 5.75 Å². The third-order valence-electron chi connectivity index (χ3n) is 7.90. The highest BCUT2D eigenvalue weighted by molar-refractivity contribution is 6.26. The lowest BCUT2D eigenvalue weighted by atomic mass is 9.84. The van der Waals surface area contributed by atoms with Crippen LogP contribution in [0.1, 0.15) is 0 Å². The summed E-state index contributed by atoms with van der Waals surface area (Å²) in [6.45, 7) is 0. The maximum Gasteiger partial charge on any atom is 0.124 e. The number of phenolic OH excluding ortho intramolecular Hbond substituents is 1. The summed E-state index contributed by atoms with van der Waals surface area (Å²) in [5.41, 5.74) is 4.26. The molecule has 0 aliphatic heterocycles. The predicted molar refractivity (Wildman–Crippen MR) is 158 cm³/mol. The smallest absolute Gasteiger partial charge is 0.124 e. The molecule has 0 aliphatic rings. The second-order valence-electron chi connectivity index (χ2n) is 9.86. The van der Waals surface area contributed by atoms with Gasteiger partial charge in [0.25, 0.3) is 0 Å². The molecular formula is C36H22O. The minimum Gasteiger partial charge on any atom is -0.507 e. The first-order chi connectivity index (χ1) is 18.3. The van der Waals surface area contributed by atoms with Crippen molar-refractivity contribution >= 4 is 53.9 Å². The SMILES string of the molecule is Oc1ccc2ccccc2c1-c1c(-c2ccc3ccc4cccc5ccc2c3c45)ccc2ccccc12. The van der Waals surface area contributed by atoms with Crippen molar-refractivity contribution in [1.82, 2.24) is 0 Å². The predicted octanol–water partition coefficient (Wildman–Crippen LogP) is 9.93. The molecule has 0 amide bonds. The van der Waals surface area contributed by atoms with Crippen LogP contribution < -0.4 is 0 Å². The summed E-state index contributed by atoms with van der Waals surface area (Å²) < 4.78 is 0. The van der Waals surface area contributed by atoms with Crippen LogP contribution in [0.25, 0.3) is 76.1 Å². The zero-order chi connectivity index (χ0) is 24.5. The fourth-order valence-electron chi connectivity index (χ4n) is 6.26. The number of rotatable bonds is 2. The van der Waals surface area contributed by atoms with Gasteiger partial charge in [0.1, 0.15) is 5.75 Å². The van der Waals surface area contributed by atoms with Gasteiger partial charge in [0, 0.05) is 11.1 Å². The zero-order valence-electron chi connectivity index (χ0n) is 20.1. The molecule has 8 aromatic carbocycles. The Morgan fingerprint density at radius 1 is 0.324 bits per heavy atom. The molecule has 0 spiro atoms. The quantitative estimate of drug-likeness (QED) is 0.249. The third kappa shape index (κ3) is 2.86. The highest BCUT2D eigenvalue weighted by Gasteiger charge is 2.20. The van der Waals surface area contributed by atoms with E-state index in [1.54, 1.807) is 0 Å². The van der Waals surface area contributed by atoms with Gasteiger partial charge in [0.2, 0.25) is 0 Å². The fraction of sp³-hybridized carbons (Fsp3) is 0. The molecule has 0 radical (unpaired) electrons. The monoisotopic (exact) mass is 470 g/mol. The van der Waals surface area contributed by atoms with Crippen molar-refractivity contribution in [2.75, 3.05) is 0 Å². The Bertz CT molecular complexity index is 2140. The number of hydrogen-bond donors (Lipinski definition) is 1. The van der Waals surface area contributed by atoms with Crippen molar-refractivity contribution in [2.24, 2.45) is 0 Å². The van der Waals surface area contributed by atoms with Crippen molar-refractivity contribution in [3.63, 3.8) is 0 Å². The first kappa shape index (κ1) is 20.3. The van der Waals surface area contributed by atoms with Gasteiger partial charge < -0.3 is 5.11 Å². The van der Waals surface area contributed by atoms with Crippen LogP contribution in [0, 0.1) is 0 Å². The van der Waals surface area contributed by atoms with Gasteiger partial charge in [-0.25, -0.2) is 0 Å². The average molecular weight is 471 g/mol. The van der Waals surface area contributed by atoms with E-state index in [1.807, 2.05) is 24.3 Å². The van der Waals surface area contributed by atoms with E-state index in [2.05, 4.69) is 103 Å². The average Bonchev–Trinajstić information content (AvgIpc) is 2.95. The number of benzene rings is 8. The highest BCUT2D eigenvalue weighted by Crippen LogP contribution is 2.47. The van der Waals surface area contributed by atoms with Crippen LogP contribution >= 0.6 is 0 Å². The minimum absolute atomic E-state index is 0.300. The molecule has 0 fully saturated rings. The fourth-order valence-corrected chi connectivity index (χ4v) is 6.26. The van der Waals surface area contributed by atoms with Crippen molar-refractivity contribution < 1.29 is 5.11 Å². The molecule has 1 nitrogen and oxygen atoms in total. The molecule has 8 rings (SSSR count). The van der Waals surface area contributed by atoms with Crippen molar-refractivity contribution in [2.45, 2.75) is 0 Å². The molecule has 172 valence electrons. The molecule has 0 aliphatic carbocycles. The minimum atomic E-state index is 0.300. The number of fused-ring (bicyclic) bond motifs is 2. The lowest BCUT2D eigenvalue weighted by molar-refractivity contribution is 0.478. The lowest BCUT2D eigenvalue weighted by Gasteiger charge is -2.19. The van der Waals surface area contributed by atoms with E-state index in [-0.39, 0.29) is 0 Å². The van der Waals surface area contributed by atoms with Gasteiger partial charge in [-0.1, -0.05) is 121 Å². The molecule has 0 unspecified atom stereocenters. The van der Waals surface area contributed by atoms with Crippen LogP contribution in [0.3, 0.4) is 0 Å². The second kappa shape index (κ2) is 7.56. The molecule has 37 heavy (non-hydrogen) atoms. The molecule has 8 aromatic rings. The van der Waals surface area contributed by atoms with Gasteiger partial charge >= 0.3 is 0 Å². The Kier molecular flexibility index (Phi) is 4.15. The number of phenols is 1. The Morgan fingerprint density at radius 2 is 0.838 bits per heavy atom. The Hall–Kier alpha value is -4.88. The summed E-state index contributed by atoms with van der Waals surface area (Å²) >= 11 is 0. The summed E-state index contributed by atoms with van der Waals surface area (Å²) in [6.07, 6.45) is 0. The molecule has 0 atom stereocenters. The van der Waals surface area contributed by atoms with Gasteiger partial charge in [-0.3, -0.25) is 0 Å². The largest absolute Gasteiger partial charge is 0.507 e. The van der Waals surface area contributed by atoms with Crippen LogP contribution in [0.15, 0.2) is 127 Å². The van der Waals surface area contributed by atoms with Crippen LogP contribution in [-0.2, 0) is 0 Å². The van der Waals surface area contributed by atoms with Gasteiger partial charge in [0.05, 0.1) is 0 Å². The van der Waals surface area contributed by atoms with E-state index in [0.717, 1.165) is 38.2 Å². The first-order valence-electron chi connectivity index (χ1n) is 12.7. The van der Waals surface area contributed by atoms with Gasteiger partial charge in [-0.05, 0) is 71.1 Å². The molecule has 0 heterocycles. The van der Waals surface area contributed by atoms with Crippen LogP contribution in [0.2, 0.25) is 0 Å². The number of hydrogen-bond acceptors (Lipinski definition) is 1. The van der Waals surface area contributed by atoms with Crippen LogP contribution in [-0.4, -0.2) is 5.11 Å². The maximum absolute atomic E-state index is 11.3. The van der Waals surface area contributed by atoms with Gasteiger partial charge in [0.15, 0.2) is 0 Å². The third-order valence-corrected chi connectivity index (χ3v) is 7.90. The normalized spacial score (nSPS) is 11.9. The van der Waals surface area contributed by atoms with Crippen molar-refractivity contribution in [1.29, 1.82) is 0 Å². The standard InChI is InChI=1S/C36H22O/c37-32-21-17-23-7-2-4-11-28(23)36(32)35-27-10-3-1-6-22(27)14-19-31(35)29-18-15-26-13-12-24-8-5-9-25-16-20-30(29)34(26)33(24)25/h1-21,37H. The Labute approximate surface area is 214 Å². The molecule has 1 N–H and O–H groups in total. The summed E-state index contributed by atoms with van der Waals surface area (Å²) in [7, 11) is 0. The van der Waals surface area contributed by atoms with E-state index in [1.165, 1.54) is 37.9 Å².